The maximum atomic E-state index is 12.3. The first-order valence-electron chi connectivity index (χ1n) is 6.51. The molecule has 0 radical (unpaired) electrons. The Bertz CT molecular complexity index is 666. The second-order valence-corrected chi connectivity index (χ2v) is 5.75. The van der Waals surface area contributed by atoms with Crippen molar-refractivity contribution in [3.63, 3.8) is 0 Å². The van der Waals surface area contributed by atoms with Crippen LogP contribution in [0.25, 0.3) is 0 Å². The monoisotopic (exact) mass is 325 g/mol. The number of hydrogen-bond acceptors (Lipinski definition) is 3. The molecule has 1 N–H and O–H groups in total. The van der Waals surface area contributed by atoms with E-state index in [0.717, 1.165) is 5.82 Å². The summed E-state index contributed by atoms with van der Waals surface area (Å²) in [5, 5.41) is 15.2. The van der Waals surface area contributed by atoms with E-state index in [4.69, 9.17) is 23.2 Å². The lowest BCUT2D eigenvalue weighted by Crippen LogP contribution is -2.30. The fraction of sp³-hybridized carbons (Fsp3) is 0.286. The van der Waals surface area contributed by atoms with Gasteiger partial charge in [-0.3, -0.25) is 9.69 Å². The van der Waals surface area contributed by atoms with Gasteiger partial charge in [-0.2, -0.15) is 5.10 Å². The van der Waals surface area contributed by atoms with Gasteiger partial charge in [-0.1, -0.05) is 23.2 Å². The van der Waals surface area contributed by atoms with Crippen molar-refractivity contribution in [1.29, 1.82) is 0 Å². The zero-order valence-electron chi connectivity index (χ0n) is 11.0. The first-order valence-corrected chi connectivity index (χ1v) is 7.26. The first kappa shape index (κ1) is 14.4. The molecule has 1 aliphatic heterocycles. The van der Waals surface area contributed by atoms with Gasteiger partial charge >= 0.3 is 0 Å². The van der Waals surface area contributed by atoms with Gasteiger partial charge in [0.25, 0.3) is 0 Å². The minimum atomic E-state index is -0.939. The molecule has 21 heavy (non-hydrogen) atoms. The molecule has 110 valence electrons. The van der Waals surface area contributed by atoms with Crippen LogP contribution in [0.2, 0.25) is 10.0 Å². The quantitative estimate of drug-likeness (QED) is 0.943. The number of aliphatic hydroxyl groups excluding tert-OH is 1. The van der Waals surface area contributed by atoms with E-state index in [2.05, 4.69) is 5.10 Å². The van der Waals surface area contributed by atoms with Crippen molar-refractivity contribution in [1.82, 2.24) is 9.78 Å². The summed E-state index contributed by atoms with van der Waals surface area (Å²) in [4.78, 5) is 13.9. The van der Waals surface area contributed by atoms with Crippen LogP contribution >= 0.6 is 23.2 Å². The van der Waals surface area contributed by atoms with Crippen LogP contribution in [0.1, 0.15) is 18.1 Å². The van der Waals surface area contributed by atoms with E-state index in [1.807, 2.05) is 0 Å². The first-order chi connectivity index (χ1) is 10.0. The Morgan fingerprint density at radius 2 is 2.00 bits per heavy atom. The highest BCUT2D eigenvalue weighted by molar-refractivity contribution is 6.34. The summed E-state index contributed by atoms with van der Waals surface area (Å²) in [6.45, 7) is 1.25. The van der Waals surface area contributed by atoms with Gasteiger partial charge in [0.15, 0.2) is 0 Å². The molecular formula is C14H13Cl2N3O2. The molecule has 0 saturated heterocycles. The Kier molecular flexibility index (Phi) is 3.89. The number of fused-ring (bicyclic) bond motifs is 1. The van der Waals surface area contributed by atoms with Crippen LogP contribution in [0.15, 0.2) is 30.5 Å². The number of aromatic nitrogens is 2. The Hall–Kier alpha value is -1.56. The minimum absolute atomic E-state index is 0.0259. The zero-order valence-corrected chi connectivity index (χ0v) is 12.6. The van der Waals surface area contributed by atoms with Crippen LogP contribution < -0.4 is 4.90 Å². The summed E-state index contributed by atoms with van der Waals surface area (Å²) in [5.41, 5.74) is 0.536. The summed E-state index contributed by atoms with van der Waals surface area (Å²) >= 11 is 11.8. The predicted molar refractivity (Wildman–Crippen MR) is 80.6 cm³/mol. The third-order valence-electron chi connectivity index (χ3n) is 3.44. The van der Waals surface area contributed by atoms with Crippen LogP contribution in [0, 0.1) is 0 Å². The predicted octanol–water partition coefficient (Wildman–Crippen LogP) is 2.66. The van der Waals surface area contributed by atoms with Gasteiger partial charge < -0.3 is 5.11 Å². The van der Waals surface area contributed by atoms with E-state index >= 15 is 0 Å². The molecule has 1 unspecified atom stereocenters. The van der Waals surface area contributed by atoms with Crippen molar-refractivity contribution < 1.29 is 9.90 Å². The van der Waals surface area contributed by atoms with E-state index in [0.29, 0.717) is 28.7 Å². The normalized spacial score (nSPS) is 15.1. The molecule has 0 bridgehead atoms. The molecule has 1 atom stereocenters. The van der Waals surface area contributed by atoms with E-state index < -0.39 is 6.10 Å². The summed E-state index contributed by atoms with van der Waals surface area (Å²) in [5.74, 6) is 0.606. The number of carbonyl (C=O) groups is 1. The largest absolute Gasteiger partial charge is 0.388 e. The lowest BCUT2D eigenvalue weighted by atomic mass is 10.1. The number of amides is 1. The molecule has 1 aromatic heterocycles. The number of hydrogen-bond donors (Lipinski definition) is 1. The van der Waals surface area contributed by atoms with E-state index in [1.165, 1.54) is 0 Å². The summed E-state index contributed by atoms with van der Waals surface area (Å²) in [6.07, 6.45) is 0.690. The van der Waals surface area contributed by atoms with Crippen molar-refractivity contribution in [3.05, 3.63) is 46.1 Å². The third-order valence-corrected chi connectivity index (χ3v) is 3.88. The van der Waals surface area contributed by atoms with Gasteiger partial charge in [0, 0.05) is 22.7 Å². The summed E-state index contributed by atoms with van der Waals surface area (Å²) in [6, 6.07) is 6.59. The lowest BCUT2D eigenvalue weighted by molar-refractivity contribution is -0.120. The second kappa shape index (κ2) is 5.67. The fourth-order valence-electron chi connectivity index (χ4n) is 2.45. The van der Waals surface area contributed by atoms with E-state index in [9.17, 15) is 9.90 Å². The number of halogens is 2. The molecule has 1 aromatic carbocycles. The number of aliphatic hydroxyl groups is 1. The highest BCUT2D eigenvalue weighted by atomic mass is 35.5. The number of nitrogens with zero attached hydrogens (tertiary/aromatic N) is 3. The Morgan fingerprint density at radius 3 is 2.71 bits per heavy atom. The van der Waals surface area contributed by atoms with Crippen LogP contribution in [0.3, 0.4) is 0 Å². The molecule has 7 heteroatoms. The Labute approximate surface area is 131 Å². The fourth-order valence-corrected chi connectivity index (χ4v) is 2.99. The van der Waals surface area contributed by atoms with Crippen LogP contribution in [-0.2, 0) is 11.3 Å². The molecule has 0 saturated carbocycles. The lowest BCUT2D eigenvalue weighted by Gasteiger charge is -2.18. The van der Waals surface area contributed by atoms with Gasteiger partial charge in [0.05, 0.1) is 25.3 Å². The second-order valence-electron chi connectivity index (χ2n) is 4.88. The molecule has 1 aliphatic rings. The van der Waals surface area contributed by atoms with E-state index in [1.54, 1.807) is 40.0 Å². The van der Waals surface area contributed by atoms with Crippen molar-refractivity contribution in [2.45, 2.75) is 19.1 Å². The highest BCUT2D eigenvalue weighted by Crippen LogP contribution is 2.27. The van der Waals surface area contributed by atoms with Gasteiger partial charge in [-0.05, 0) is 23.8 Å². The molecule has 2 heterocycles. The van der Waals surface area contributed by atoms with Crippen molar-refractivity contribution in [2.75, 3.05) is 11.4 Å². The smallest absolute Gasteiger partial charge is 0.231 e. The molecule has 0 fully saturated rings. The van der Waals surface area contributed by atoms with Crippen LogP contribution in [0.4, 0.5) is 5.82 Å². The maximum absolute atomic E-state index is 12.3. The van der Waals surface area contributed by atoms with Crippen LogP contribution in [-0.4, -0.2) is 27.3 Å². The van der Waals surface area contributed by atoms with Crippen LogP contribution in [0.5, 0.6) is 0 Å². The molecule has 2 aromatic rings. The summed E-state index contributed by atoms with van der Waals surface area (Å²) < 4.78 is 1.76. The molecule has 0 aliphatic carbocycles. The van der Waals surface area contributed by atoms with Crippen molar-refractivity contribution >= 4 is 34.9 Å². The third kappa shape index (κ3) is 2.90. The van der Waals surface area contributed by atoms with Crippen molar-refractivity contribution in [2.24, 2.45) is 0 Å². The average Bonchev–Trinajstić information content (AvgIpc) is 2.99. The number of benzene rings is 1. The zero-order chi connectivity index (χ0) is 15.0. The topological polar surface area (TPSA) is 58.4 Å². The minimum Gasteiger partial charge on any atom is -0.388 e. The Morgan fingerprint density at radius 1 is 1.29 bits per heavy atom. The number of rotatable bonds is 3. The standard InChI is InChI=1S/C14H13Cl2N3O2/c15-10-5-9(6-11(16)7-10)12(20)8-14(21)18-3-4-19-13(18)1-2-17-19/h1-2,5-7,12,20H,3-4,8H2. The average molecular weight is 326 g/mol. The van der Waals surface area contributed by atoms with Gasteiger partial charge in [-0.15, -0.1) is 0 Å². The Balaban J connectivity index is 1.73. The maximum Gasteiger partial charge on any atom is 0.231 e. The molecule has 0 spiro atoms. The number of carbonyl (C=O) groups excluding carboxylic acids is 1. The summed E-state index contributed by atoms with van der Waals surface area (Å²) in [7, 11) is 0. The molecule has 5 nitrogen and oxygen atoms in total. The molecular weight excluding hydrogens is 313 g/mol. The van der Waals surface area contributed by atoms with Crippen molar-refractivity contribution in [3.8, 4) is 0 Å². The van der Waals surface area contributed by atoms with E-state index in [-0.39, 0.29) is 12.3 Å². The van der Waals surface area contributed by atoms with Gasteiger partial charge in [-0.25, -0.2) is 4.68 Å². The SMILES string of the molecule is O=C(CC(O)c1cc(Cl)cc(Cl)c1)N1CCn2nccc21. The highest BCUT2D eigenvalue weighted by Gasteiger charge is 2.27. The number of anilines is 1. The molecule has 1 amide bonds. The van der Waals surface area contributed by atoms with Gasteiger partial charge in [0.2, 0.25) is 5.91 Å². The van der Waals surface area contributed by atoms with Gasteiger partial charge in [0.1, 0.15) is 5.82 Å². The molecule has 3 rings (SSSR count).